The number of anilines is 2. The molecule has 0 aliphatic heterocycles. The number of amides is 1. The maximum Gasteiger partial charge on any atom is 0.416 e. The molecule has 0 aromatic heterocycles. The molecule has 1 amide bonds. The Morgan fingerprint density at radius 3 is 2.57 bits per heavy atom. The maximum absolute atomic E-state index is 12.6. The molecule has 0 bridgehead atoms. The first-order valence-electron chi connectivity index (χ1n) is 6.60. The van der Waals surface area contributed by atoms with Gasteiger partial charge in [-0.1, -0.05) is 18.2 Å². The van der Waals surface area contributed by atoms with Crippen molar-refractivity contribution < 1.29 is 18.0 Å². The molecule has 2 aromatic carbocycles. The first-order valence-corrected chi connectivity index (χ1v) is 6.60. The van der Waals surface area contributed by atoms with Gasteiger partial charge in [0.1, 0.15) is 6.07 Å². The van der Waals surface area contributed by atoms with Gasteiger partial charge >= 0.3 is 6.18 Å². The predicted octanol–water partition coefficient (Wildman–Crippen LogP) is 3.63. The molecule has 23 heavy (non-hydrogen) atoms. The fourth-order valence-corrected chi connectivity index (χ4v) is 1.87. The van der Waals surface area contributed by atoms with Crippen LogP contribution < -0.4 is 10.6 Å². The first-order chi connectivity index (χ1) is 10.9. The van der Waals surface area contributed by atoms with Gasteiger partial charge in [0, 0.05) is 5.69 Å². The summed E-state index contributed by atoms with van der Waals surface area (Å²) >= 11 is 0. The van der Waals surface area contributed by atoms with Crippen LogP contribution >= 0.6 is 0 Å². The highest BCUT2D eigenvalue weighted by Gasteiger charge is 2.30. The van der Waals surface area contributed by atoms with Gasteiger partial charge in [-0.15, -0.1) is 0 Å². The molecule has 118 valence electrons. The molecule has 2 aromatic rings. The standard InChI is InChI=1S/C16H12F3N3O/c17-16(18,19)12-5-3-6-13(8-12)21-10-15(23)22-14-7-2-1-4-11(14)9-20/h1-8,21H,10H2,(H,22,23). The Morgan fingerprint density at radius 2 is 1.87 bits per heavy atom. The number of alkyl halides is 3. The van der Waals surface area contributed by atoms with Crippen LogP contribution in [0.1, 0.15) is 11.1 Å². The number of hydrogen-bond donors (Lipinski definition) is 2. The van der Waals surface area contributed by atoms with Gasteiger partial charge in [-0.2, -0.15) is 18.4 Å². The zero-order valence-corrected chi connectivity index (χ0v) is 11.8. The van der Waals surface area contributed by atoms with Crippen molar-refractivity contribution in [3.63, 3.8) is 0 Å². The molecule has 0 unspecified atom stereocenters. The van der Waals surface area contributed by atoms with E-state index in [9.17, 15) is 18.0 Å². The first kappa shape index (κ1) is 16.4. The lowest BCUT2D eigenvalue weighted by atomic mass is 10.2. The van der Waals surface area contributed by atoms with Gasteiger partial charge in [0.2, 0.25) is 5.91 Å². The fraction of sp³-hybridized carbons (Fsp3) is 0.125. The van der Waals surface area contributed by atoms with Gasteiger partial charge in [-0.3, -0.25) is 4.79 Å². The molecular formula is C16H12F3N3O. The van der Waals surface area contributed by atoms with Crippen molar-refractivity contribution in [2.75, 3.05) is 17.2 Å². The number of nitrogens with one attached hydrogen (secondary N) is 2. The van der Waals surface area contributed by atoms with Crippen molar-refractivity contribution in [3.8, 4) is 6.07 Å². The van der Waals surface area contributed by atoms with E-state index in [1.165, 1.54) is 12.1 Å². The monoisotopic (exact) mass is 319 g/mol. The van der Waals surface area contributed by atoms with Gasteiger partial charge in [-0.05, 0) is 30.3 Å². The number of para-hydroxylation sites is 1. The summed E-state index contributed by atoms with van der Waals surface area (Å²) in [5, 5.41) is 14.1. The van der Waals surface area contributed by atoms with Crippen LogP contribution in [0.25, 0.3) is 0 Å². The molecule has 4 nitrogen and oxygen atoms in total. The van der Waals surface area contributed by atoms with Crippen LogP contribution in [0, 0.1) is 11.3 Å². The molecule has 0 aliphatic rings. The lowest BCUT2D eigenvalue weighted by molar-refractivity contribution is -0.137. The Hall–Kier alpha value is -3.01. The Labute approximate surface area is 130 Å². The van der Waals surface area contributed by atoms with E-state index in [1.807, 2.05) is 6.07 Å². The van der Waals surface area contributed by atoms with Crippen LogP contribution in [-0.4, -0.2) is 12.5 Å². The highest BCUT2D eigenvalue weighted by atomic mass is 19.4. The van der Waals surface area contributed by atoms with Gasteiger partial charge in [-0.25, -0.2) is 0 Å². The summed E-state index contributed by atoms with van der Waals surface area (Å²) in [6.07, 6.45) is -4.44. The average molecular weight is 319 g/mol. The van der Waals surface area contributed by atoms with E-state index < -0.39 is 17.6 Å². The largest absolute Gasteiger partial charge is 0.416 e. The molecule has 0 saturated heterocycles. The zero-order chi connectivity index (χ0) is 16.9. The highest BCUT2D eigenvalue weighted by molar-refractivity contribution is 5.94. The Balaban J connectivity index is 1.99. The van der Waals surface area contributed by atoms with Crippen molar-refractivity contribution in [1.29, 1.82) is 5.26 Å². The number of halogens is 3. The topological polar surface area (TPSA) is 64.9 Å². The Morgan fingerprint density at radius 1 is 1.13 bits per heavy atom. The van der Waals surface area contributed by atoms with E-state index in [0.29, 0.717) is 11.3 Å². The normalized spacial score (nSPS) is 10.7. The quantitative estimate of drug-likeness (QED) is 0.904. The van der Waals surface area contributed by atoms with Gasteiger partial charge in [0.05, 0.1) is 23.4 Å². The van der Waals surface area contributed by atoms with Crippen LogP contribution in [0.2, 0.25) is 0 Å². The molecule has 2 N–H and O–H groups in total. The molecule has 7 heteroatoms. The lowest BCUT2D eigenvalue weighted by Crippen LogP contribution is -2.22. The van der Waals surface area contributed by atoms with Crippen molar-refractivity contribution in [2.24, 2.45) is 0 Å². The van der Waals surface area contributed by atoms with Crippen LogP contribution in [-0.2, 0) is 11.0 Å². The number of rotatable bonds is 4. The minimum atomic E-state index is -4.44. The summed E-state index contributed by atoms with van der Waals surface area (Å²) in [4.78, 5) is 11.8. The van der Waals surface area contributed by atoms with Gasteiger partial charge in [0.15, 0.2) is 0 Å². The van der Waals surface area contributed by atoms with Crippen molar-refractivity contribution in [2.45, 2.75) is 6.18 Å². The number of nitriles is 1. The average Bonchev–Trinajstić information content (AvgIpc) is 2.53. The molecule has 2 rings (SSSR count). The molecule has 0 fully saturated rings. The summed E-state index contributed by atoms with van der Waals surface area (Å²) in [5.41, 5.74) is 0.0482. The number of benzene rings is 2. The second kappa shape index (κ2) is 6.83. The van der Waals surface area contributed by atoms with E-state index >= 15 is 0 Å². The van der Waals surface area contributed by atoms with Crippen molar-refractivity contribution >= 4 is 17.3 Å². The summed E-state index contributed by atoms with van der Waals surface area (Å²) in [5.74, 6) is -0.467. The van der Waals surface area contributed by atoms with Crippen LogP contribution in [0.5, 0.6) is 0 Å². The Kier molecular flexibility index (Phi) is 4.86. The molecule has 0 saturated carbocycles. The van der Waals surface area contributed by atoms with Crippen molar-refractivity contribution in [3.05, 3.63) is 59.7 Å². The van der Waals surface area contributed by atoms with Crippen LogP contribution in [0.4, 0.5) is 24.5 Å². The number of carbonyl (C=O) groups excluding carboxylic acids is 1. The second-order valence-corrected chi connectivity index (χ2v) is 4.64. The second-order valence-electron chi connectivity index (χ2n) is 4.64. The molecule has 0 aliphatic carbocycles. The Bertz CT molecular complexity index is 751. The van der Waals surface area contributed by atoms with E-state index in [4.69, 9.17) is 5.26 Å². The van der Waals surface area contributed by atoms with Crippen LogP contribution in [0.15, 0.2) is 48.5 Å². The predicted molar refractivity (Wildman–Crippen MR) is 79.7 cm³/mol. The molecule has 0 atom stereocenters. The number of hydrogen-bond acceptors (Lipinski definition) is 3. The zero-order valence-electron chi connectivity index (χ0n) is 11.8. The lowest BCUT2D eigenvalue weighted by Gasteiger charge is -2.11. The van der Waals surface area contributed by atoms with Gasteiger partial charge in [0.25, 0.3) is 0 Å². The smallest absolute Gasteiger partial charge is 0.376 e. The molecular weight excluding hydrogens is 307 g/mol. The highest BCUT2D eigenvalue weighted by Crippen LogP contribution is 2.30. The fourth-order valence-electron chi connectivity index (χ4n) is 1.87. The van der Waals surface area contributed by atoms with E-state index in [0.717, 1.165) is 12.1 Å². The molecule has 0 spiro atoms. The van der Waals surface area contributed by atoms with E-state index in [2.05, 4.69) is 10.6 Å². The SMILES string of the molecule is N#Cc1ccccc1NC(=O)CNc1cccc(C(F)(F)F)c1. The third-order valence-corrected chi connectivity index (χ3v) is 2.96. The maximum atomic E-state index is 12.6. The summed E-state index contributed by atoms with van der Waals surface area (Å²) in [6.45, 7) is -0.221. The number of nitrogens with zero attached hydrogens (tertiary/aromatic N) is 1. The summed E-state index contributed by atoms with van der Waals surface area (Å²) < 4.78 is 37.8. The third-order valence-electron chi connectivity index (χ3n) is 2.96. The van der Waals surface area contributed by atoms with E-state index in [1.54, 1.807) is 24.3 Å². The van der Waals surface area contributed by atoms with E-state index in [-0.39, 0.29) is 12.2 Å². The number of carbonyl (C=O) groups is 1. The van der Waals surface area contributed by atoms with Crippen LogP contribution in [0.3, 0.4) is 0 Å². The summed E-state index contributed by atoms with van der Waals surface area (Å²) in [6, 6.07) is 13.0. The minimum absolute atomic E-state index is 0.184. The minimum Gasteiger partial charge on any atom is -0.376 e. The third kappa shape index (κ3) is 4.48. The molecule has 0 radical (unpaired) electrons. The van der Waals surface area contributed by atoms with Gasteiger partial charge < -0.3 is 10.6 Å². The summed E-state index contributed by atoms with van der Waals surface area (Å²) in [7, 11) is 0. The molecule has 0 heterocycles. The van der Waals surface area contributed by atoms with Crippen molar-refractivity contribution in [1.82, 2.24) is 0 Å².